The van der Waals surface area contributed by atoms with Gasteiger partial charge in [-0.15, -0.1) is 11.3 Å². The maximum absolute atomic E-state index is 12.3. The molecule has 1 atom stereocenters. The number of hydrogen-bond donors (Lipinski definition) is 1. The molecule has 0 aliphatic rings. The molecule has 1 unspecified atom stereocenters. The van der Waals surface area contributed by atoms with Crippen LogP contribution in [0.3, 0.4) is 0 Å². The van der Waals surface area contributed by atoms with Gasteiger partial charge in [0.1, 0.15) is 5.75 Å². The number of phenols is 1. The van der Waals surface area contributed by atoms with Crippen LogP contribution in [-0.2, 0) is 0 Å². The monoisotopic (exact) mass is 321 g/mol. The van der Waals surface area contributed by atoms with Crippen LogP contribution in [0.5, 0.6) is 5.75 Å². The van der Waals surface area contributed by atoms with Crippen molar-refractivity contribution < 1.29 is 14.8 Å². The number of benzene rings is 1. The van der Waals surface area contributed by atoms with E-state index >= 15 is 0 Å². The van der Waals surface area contributed by atoms with E-state index in [0.717, 1.165) is 11.1 Å². The average molecular weight is 321 g/mol. The van der Waals surface area contributed by atoms with E-state index in [1.807, 2.05) is 12.3 Å². The smallest absolute Gasteiger partial charge is 0.273 e. The average Bonchev–Trinajstić information content (AvgIpc) is 3.00. The van der Waals surface area contributed by atoms with E-state index in [1.165, 1.54) is 28.4 Å². The molecule has 0 radical (unpaired) electrons. The van der Waals surface area contributed by atoms with Crippen molar-refractivity contribution in [3.63, 3.8) is 0 Å². The summed E-state index contributed by atoms with van der Waals surface area (Å²) in [5, 5.41) is 23.2. The Morgan fingerprint density at radius 3 is 2.82 bits per heavy atom. The van der Waals surface area contributed by atoms with Crippen molar-refractivity contribution in [3.05, 3.63) is 50.5 Å². The van der Waals surface area contributed by atoms with E-state index in [9.17, 15) is 20.0 Å². The van der Waals surface area contributed by atoms with Crippen molar-refractivity contribution in [1.82, 2.24) is 9.88 Å². The summed E-state index contributed by atoms with van der Waals surface area (Å²) >= 11 is 1.52. The predicted octanol–water partition coefficient (Wildman–Crippen LogP) is 2.63. The lowest BCUT2D eigenvalue weighted by molar-refractivity contribution is -0.384. The fourth-order valence-electron chi connectivity index (χ4n) is 2.07. The van der Waals surface area contributed by atoms with Crippen LogP contribution in [0.2, 0.25) is 0 Å². The van der Waals surface area contributed by atoms with Crippen LogP contribution in [0.1, 0.15) is 28.2 Å². The molecule has 1 aromatic heterocycles. The summed E-state index contributed by atoms with van der Waals surface area (Å²) in [4.78, 5) is 28.0. The number of rotatable bonds is 5. The van der Waals surface area contributed by atoms with Gasteiger partial charge >= 0.3 is 0 Å². The fourth-order valence-corrected chi connectivity index (χ4v) is 2.76. The van der Waals surface area contributed by atoms with Crippen LogP contribution in [0.4, 0.5) is 5.69 Å². The van der Waals surface area contributed by atoms with Gasteiger partial charge in [0.25, 0.3) is 11.6 Å². The molecule has 8 heteroatoms. The third-order valence-electron chi connectivity index (χ3n) is 3.19. The van der Waals surface area contributed by atoms with E-state index in [1.54, 1.807) is 13.2 Å². The molecule has 0 spiro atoms. The van der Waals surface area contributed by atoms with Gasteiger partial charge < -0.3 is 10.0 Å². The zero-order valence-electron chi connectivity index (χ0n) is 12.1. The molecule has 2 rings (SSSR count). The highest BCUT2D eigenvalue weighted by molar-refractivity contribution is 7.09. The van der Waals surface area contributed by atoms with E-state index in [-0.39, 0.29) is 17.2 Å². The zero-order chi connectivity index (χ0) is 16.3. The number of amides is 1. The fraction of sp³-hybridized carbons (Fsp3) is 0.286. The summed E-state index contributed by atoms with van der Waals surface area (Å²) in [5.74, 6) is -0.724. The minimum absolute atomic E-state index is 0.0411. The van der Waals surface area contributed by atoms with Gasteiger partial charge in [0.2, 0.25) is 0 Å². The molecule has 22 heavy (non-hydrogen) atoms. The van der Waals surface area contributed by atoms with E-state index in [2.05, 4.69) is 4.98 Å². The Morgan fingerprint density at radius 2 is 2.27 bits per heavy atom. The van der Waals surface area contributed by atoms with Crippen molar-refractivity contribution >= 4 is 22.9 Å². The van der Waals surface area contributed by atoms with Gasteiger partial charge in [-0.3, -0.25) is 14.9 Å². The number of non-ortho nitro benzene ring substituents is 1. The highest BCUT2D eigenvalue weighted by Gasteiger charge is 2.21. The molecule has 1 amide bonds. The number of likely N-dealkylation sites (N-methyl/N-ethyl adjacent to an activating group) is 1. The largest absolute Gasteiger partial charge is 0.507 e. The second-order valence-corrected chi connectivity index (χ2v) is 5.84. The molecule has 2 aromatic rings. The summed E-state index contributed by atoms with van der Waals surface area (Å²) in [6.07, 6.45) is 1.71. The molecule has 1 heterocycles. The SMILES string of the molecule is CC(CN(C)C(=O)c1ccc([N+](=O)[O-])cc1O)c1nccs1. The summed E-state index contributed by atoms with van der Waals surface area (Å²) in [5.41, 5.74) is -0.215. The Kier molecular flexibility index (Phi) is 4.71. The summed E-state index contributed by atoms with van der Waals surface area (Å²) in [6, 6.07) is 3.44. The normalized spacial score (nSPS) is 11.9. The van der Waals surface area contributed by atoms with Gasteiger partial charge in [-0.2, -0.15) is 0 Å². The molecule has 1 aromatic carbocycles. The zero-order valence-corrected chi connectivity index (χ0v) is 12.9. The molecular weight excluding hydrogens is 306 g/mol. The Bertz CT molecular complexity index is 687. The summed E-state index contributed by atoms with van der Waals surface area (Å²) in [7, 11) is 1.62. The Morgan fingerprint density at radius 1 is 1.55 bits per heavy atom. The van der Waals surface area contributed by atoms with Gasteiger partial charge in [0.15, 0.2) is 0 Å². The summed E-state index contributed by atoms with van der Waals surface area (Å²) < 4.78 is 0. The number of carbonyl (C=O) groups excluding carboxylic acids is 1. The van der Waals surface area contributed by atoms with Crippen molar-refractivity contribution in [2.75, 3.05) is 13.6 Å². The number of nitrogens with zero attached hydrogens (tertiary/aromatic N) is 3. The van der Waals surface area contributed by atoms with Crippen molar-refractivity contribution in [1.29, 1.82) is 0 Å². The van der Waals surface area contributed by atoms with Crippen LogP contribution in [-0.4, -0.2) is 39.4 Å². The third kappa shape index (κ3) is 3.40. The molecule has 0 aliphatic heterocycles. The standard InChI is InChI=1S/C14H15N3O4S/c1-9(13-15-5-6-22-13)8-16(2)14(19)11-4-3-10(17(20)21)7-12(11)18/h3-7,9,18H,8H2,1-2H3. The number of phenolic OH excluding ortho intramolecular Hbond substituents is 1. The first-order valence-electron chi connectivity index (χ1n) is 6.52. The first kappa shape index (κ1) is 15.9. The van der Waals surface area contributed by atoms with Gasteiger partial charge in [0, 0.05) is 37.2 Å². The highest BCUT2D eigenvalue weighted by Crippen LogP contribution is 2.25. The second-order valence-electron chi connectivity index (χ2n) is 4.92. The van der Waals surface area contributed by atoms with Gasteiger partial charge in [-0.1, -0.05) is 6.92 Å². The van der Waals surface area contributed by atoms with Crippen molar-refractivity contribution in [2.45, 2.75) is 12.8 Å². The van der Waals surface area contributed by atoms with Gasteiger partial charge in [-0.25, -0.2) is 4.98 Å². The number of carbonyl (C=O) groups is 1. The molecule has 0 saturated carbocycles. The van der Waals surface area contributed by atoms with E-state index < -0.39 is 16.6 Å². The highest BCUT2D eigenvalue weighted by atomic mass is 32.1. The Hall–Kier alpha value is -2.48. The minimum Gasteiger partial charge on any atom is -0.507 e. The van der Waals surface area contributed by atoms with Crippen LogP contribution in [0, 0.1) is 10.1 Å². The molecule has 116 valence electrons. The second kappa shape index (κ2) is 6.52. The molecule has 0 fully saturated rings. The van der Waals surface area contributed by atoms with Crippen molar-refractivity contribution in [2.24, 2.45) is 0 Å². The van der Waals surface area contributed by atoms with Gasteiger partial charge in [-0.05, 0) is 6.07 Å². The number of nitro groups is 1. The number of hydrogen-bond acceptors (Lipinski definition) is 6. The molecule has 7 nitrogen and oxygen atoms in total. The Balaban J connectivity index is 2.12. The number of thiazole rings is 1. The lowest BCUT2D eigenvalue weighted by atomic mass is 10.1. The summed E-state index contributed by atoms with van der Waals surface area (Å²) in [6.45, 7) is 2.39. The molecular formula is C14H15N3O4S. The molecule has 0 saturated heterocycles. The van der Waals surface area contributed by atoms with Crippen molar-refractivity contribution in [3.8, 4) is 5.75 Å². The van der Waals surface area contributed by atoms with E-state index in [4.69, 9.17) is 0 Å². The van der Waals surface area contributed by atoms with Crippen LogP contribution in [0.15, 0.2) is 29.8 Å². The lowest BCUT2D eigenvalue weighted by Gasteiger charge is -2.20. The quantitative estimate of drug-likeness (QED) is 0.674. The number of aromatic nitrogens is 1. The predicted molar refractivity (Wildman–Crippen MR) is 82.3 cm³/mol. The van der Waals surface area contributed by atoms with E-state index in [0.29, 0.717) is 6.54 Å². The first-order chi connectivity index (χ1) is 10.4. The minimum atomic E-state index is -0.623. The molecule has 0 bridgehead atoms. The molecule has 0 aliphatic carbocycles. The van der Waals surface area contributed by atoms with Crippen LogP contribution >= 0.6 is 11.3 Å². The number of aromatic hydroxyl groups is 1. The Labute approximate surface area is 131 Å². The third-order valence-corrected chi connectivity index (χ3v) is 4.20. The maximum atomic E-state index is 12.3. The van der Waals surface area contributed by atoms with Crippen LogP contribution < -0.4 is 0 Å². The lowest BCUT2D eigenvalue weighted by Crippen LogP contribution is -2.30. The maximum Gasteiger partial charge on any atom is 0.273 e. The topological polar surface area (TPSA) is 96.6 Å². The van der Waals surface area contributed by atoms with Crippen LogP contribution in [0.25, 0.3) is 0 Å². The first-order valence-corrected chi connectivity index (χ1v) is 7.40. The van der Waals surface area contributed by atoms with Gasteiger partial charge in [0.05, 0.1) is 21.6 Å². The molecule has 1 N–H and O–H groups in total. The number of nitro benzene ring substituents is 1.